The maximum absolute atomic E-state index is 13.7. The summed E-state index contributed by atoms with van der Waals surface area (Å²) in [4.78, 5) is 41.5. The van der Waals surface area contributed by atoms with E-state index in [1.165, 1.54) is 20.3 Å². The Morgan fingerprint density at radius 2 is 1.74 bits per heavy atom. The number of nitrogens with zero attached hydrogens (tertiary/aromatic N) is 1. The molecule has 1 aliphatic carbocycles. The number of hydrogen-bond donors (Lipinski definition) is 1. The molecule has 0 bridgehead atoms. The molecule has 1 N–H and O–H groups in total. The zero-order chi connectivity index (χ0) is 24.1. The third-order valence-corrected chi connectivity index (χ3v) is 7.38. The molecule has 1 aromatic carbocycles. The van der Waals surface area contributed by atoms with Gasteiger partial charge < -0.3 is 24.8 Å². The van der Waals surface area contributed by atoms with Gasteiger partial charge in [-0.1, -0.05) is 40.2 Å². The molecule has 0 spiro atoms. The van der Waals surface area contributed by atoms with E-state index in [0.29, 0.717) is 18.7 Å². The molecule has 1 atom stereocenters. The molecule has 2 amide bonds. The second kappa shape index (κ2) is 12.1. The zero-order valence-corrected chi connectivity index (χ0v) is 21.6. The molecule has 1 aliphatic heterocycles. The number of allylic oxidation sites excluding steroid dienone is 1. The van der Waals surface area contributed by atoms with E-state index in [2.05, 4.69) is 21.2 Å². The van der Waals surface area contributed by atoms with E-state index >= 15 is 0 Å². The quantitative estimate of drug-likeness (QED) is 0.200. The van der Waals surface area contributed by atoms with Crippen molar-refractivity contribution in [2.24, 2.45) is 11.3 Å². The van der Waals surface area contributed by atoms with Crippen LogP contribution in [0.1, 0.15) is 42.5 Å². The van der Waals surface area contributed by atoms with E-state index in [1.807, 2.05) is 0 Å². The third kappa shape index (κ3) is 5.64. The topological polar surface area (TPSA) is 108 Å². The number of ether oxygens (including phenoxy) is 2. The van der Waals surface area contributed by atoms with Gasteiger partial charge in [-0.2, -0.15) is 0 Å². The van der Waals surface area contributed by atoms with Crippen LogP contribution < -0.4 is 29.3 Å². The Hall–Kier alpha value is -1.95. The fourth-order valence-electron chi connectivity index (χ4n) is 4.94. The van der Waals surface area contributed by atoms with Crippen molar-refractivity contribution in [3.8, 4) is 0 Å². The van der Waals surface area contributed by atoms with Crippen molar-refractivity contribution in [3.63, 3.8) is 0 Å². The molecule has 10 heteroatoms. The number of piperidine rings is 1. The van der Waals surface area contributed by atoms with Crippen molar-refractivity contribution in [2.45, 2.75) is 37.6 Å². The number of carbonyl (C=O) groups is 3. The van der Waals surface area contributed by atoms with E-state index in [1.54, 1.807) is 35.2 Å². The smallest absolute Gasteiger partial charge is 0.617 e. The summed E-state index contributed by atoms with van der Waals surface area (Å²) in [6, 6.07) is 8.65. The zero-order valence-electron chi connectivity index (χ0n) is 20.0. The van der Waals surface area contributed by atoms with Gasteiger partial charge in [0.15, 0.2) is 0 Å². The largest absolute Gasteiger partial charge is 1.00 e. The van der Waals surface area contributed by atoms with Gasteiger partial charge in [-0.3, -0.25) is 14.4 Å². The molecule has 34 heavy (non-hydrogen) atoms. The van der Waals surface area contributed by atoms with Crippen LogP contribution in [0.4, 0.5) is 0 Å². The summed E-state index contributed by atoms with van der Waals surface area (Å²) in [5.74, 6) is -2.25. The van der Waals surface area contributed by atoms with E-state index in [4.69, 9.17) is 9.47 Å². The summed E-state index contributed by atoms with van der Waals surface area (Å²) < 4.78 is 9.86. The van der Waals surface area contributed by atoms with Crippen LogP contribution in [-0.4, -0.2) is 60.9 Å². The molecular weight excluding hydrogens is 499 g/mol. The number of hydrogen-bond acceptors (Lipinski definition) is 6. The Morgan fingerprint density at radius 1 is 1.12 bits per heavy atom. The van der Waals surface area contributed by atoms with Gasteiger partial charge in [0, 0.05) is 35.8 Å². The van der Waals surface area contributed by atoms with Gasteiger partial charge in [0.05, 0.1) is 12.5 Å². The SMILES string of the molecule is COC(=O)C1(C(C=C([O-])OC)CBr)CC(NC(=O)c2ccccc2)(C(=O)N2CCCCC2)C1.[Li+]. The Labute approximate surface area is 220 Å². The van der Waals surface area contributed by atoms with Crippen LogP contribution in [0.15, 0.2) is 42.4 Å². The molecule has 1 aromatic rings. The van der Waals surface area contributed by atoms with E-state index in [9.17, 15) is 19.5 Å². The molecule has 1 unspecified atom stereocenters. The predicted octanol–water partition coefficient (Wildman–Crippen LogP) is -1.02. The summed E-state index contributed by atoms with van der Waals surface area (Å²) in [5, 5.41) is 15.2. The van der Waals surface area contributed by atoms with Gasteiger partial charge in [-0.05, 0) is 51.3 Å². The summed E-state index contributed by atoms with van der Waals surface area (Å²) in [5.41, 5.74) is -1.98. The Kier molecular flexibility index (Phi) is 10.1. The van der Waals surface area contributed by atoms with Crippen molar-refractivity contribution < 1.29 is 47.8 Å². The number of rotatable bonds is 8. The Morgan fingerprint density at radius 3 is 2.26 bits per heavy atom. The number of halogens is 1. The first-order valence-electron chi connectivity index (χ1n) is 11.1. The minimum absolute atomic E-state index is 0. The van der Waals surface area contributed by atoms with Crippen molar-refractivity contribution in [2.75, 3.05) is 32.6 Å². The van der Waals surface area contributed by atoms with Crippen LogP contribution in [-0.2, 0) is 19.1 Å². The number of carbonyl (C=O) groups excluding carboxylic acids is 3. The summed E-state index contributed by atoms with van der Waals surface area (Å²) in [7, 11) is 2.54. The number of esters is 1. The van der Waals surface area contributed by atoms with Gasteiger partial charge >= 0.3 is 24.8 Å². The molecule has 180 valence electrons. The maximum atomic E-state index is 13.7. The van der Waals surface area contributed by atoms with Gasteiger partial charge in [-0.25, -0.2) is 0 Å². The maximum Gasteiger partial charge on any atom is 1.00 e. The molecule has 1 saturated heterocycles. The number of amides is 2. The number of nitrogens with one attached hydrogen (secondary N) is 1. The normalized spacial score (nSPS) is 25.3. The molecular formula is C24H30BrLiN2O6. The van der Waals surface area contributed by atoms with Crippen molar-refractivity contribution in [3.05, 3.63) is 47.9 Å². The summed E-state index contributed by atoms with van der Waals surface area (Å²) in [6.07, 6.45) is 4.25. The minimum Gasteiger partial charge on any atom is -0.617 e. The molecule has 1 heterocycles. The second-order valence-corrected chi connectivity index (χ2v) is 9.35. The number of likely N-dealkylation sites (tertiary alicyclic amines) is 1. The number of methoxy groups -OCH3 is 2. The molecule has 2 aliphatic rings. The van der Waals surface area contributed by atoms with Crippen LogP contribution >= 0.6 is 15.9 Å². The van der Waals surface area contributed by atoms with Gasteiger partial charge in [0.25, 0.3) is 5.91 Å². The van der Waals surface area contributed by atoms with E-state index in [-0.39, 0.29) is 48.8 Å². The molecule has 1 saturated carbocycles. The first kappa shape index (κ1) is 28.3. The summed E-state index contributed by atoms with van der Waals surface area (Å²) >= 11 is 3.39. The van der Waals surface area contributed by atoms with Crippen LogP contribution in [0.2, 0.25) is 0 Å². The van der Waals surface area contributed by atoms with Crippen LogP contribution in [0, 0.1) is 11.3 Å². The first-order chi connectivity index (χ1) is 15.8. The fourth-order valence-corrected chi connectivity index (χ4v) is 5.75. The third-order valence-electron chi connectivity index (χ3n) is 6.68. The Bertz CT molecular complexity index is 898. The molecule has 3 rings (SSSR count). The average Bonchev–Trinajstić information content (AvgIpc) is 2.84. The van der Waals surface area contributed by atoms with Gasteiger partial charge in [0.2, 0.25) is 5.91 Å². The Balaban J connectivity index is 0.00000408. The minimum atomic E-state index is -1.26. The van der Waals surface area contributed by atoms with Gasteiger partial charge in [-0.15, -0.1) is 0 Å². The van der Waals surface area contributed by atoms with E-state index in [0.717, 1.165) is 19.3 Å². The standard InChI is InChI=1S/C24H31BrN2O6.Li/c1-32-19(28)13-18(14-25)23(22(31)33-2)15-24(16-23,21(30)27-11-7-4-8-12-27)26-20(29)17-9-5-3-6-10-17;/h3,5-6,9-10,13,18,28H,4,7-8,11-12,14-16H2,1-2H3,(H,26,29);/q;+1/p-1. The molecule has 0 aromatic heterocycles. The first-order valence-corrected chi connectivity index (χ1v) is 12.2. The predicted molar refractivity (Wildman–Crippen MR) is 123 cm³/mol. The van der Waals surface area contributed by atoms with Crippen LogP contribution in [0.25, 0.3) is 0 Å². The van der Waals surface area contributed by atoms with E-state index < -0.39 is 28.8 Å². The fraction of sp³-hybridized carbons (Fsp3) is 0.542. The number of benzene rings is 1. The van der Waals surface area contributed by atoms with Crippen molar-refractivity contribution in [1.29, 1.82) is 0 Å². The number of alkyl halides is 1. The van der Waals surface area contributed by atoms with Crippen molar-refractivity contribution in [1.82, 2.24) is 10.2 Å². The molecule has 8 nitrogen and oxygen atoms in total. The molecule has 2 fully saturated rings. The van der Waals surface area contributed by atoms with Crippen molar-refractivity contribution >= 4 is 33.7 Å². The average molecular weight is 529 g/mol. The second-order valence-electron chi connectivity index (χ2n) is 8.71. The van der Waals surface area contributed by atoms with Gasteiger partial charge in [0.1, 0.15) is 5.54 Å². The van der Waals surface area contributed by atoms with Crippen LogP contribution in [0.5, 0.6) is 0 Å². The van der Waals surface area contributed by atoms with Crippen LogP contribution in [0.3, 0.4) is 0 Å². The molecule has 0 radical (unpaired) electrons. The monoisotopic (exact) mass is 528 g/mol. The summed E-state index contributed by atoms with van der Waals surface area (Å²) in [6.45, 7) is 1.23.